The number of alkyl halides is 2. The number of halogens is 2. The number of hydrogen-bond acceptors (Lipinski definition) is 6. The number of aromatic nitrogens is 1. The van der Waals surface area contributed by atoms with Gasteiger partial charge in [-0.05, 0) is 43.2 Å². The van der Waals surface area contributed by atoms with E-state index in [1.165, 1.54) is 19.1 Å². The van der Waals surface area contributed by atoms with Crippen LogP contribution >= 0.6 is 0 Å². The molecular formula is C33H27F2N3O4. The number of hydrogen-bond donors (Lipinski definition) is 0. The van der Waals surface area contributed by atoms with E-state index in [4.69, 9.17) is 4.74 Å². The fourth-order valence-electron chi connectivity index (χ4n) is 6.87. The molecule has 0 unspecified atom stereocenters. The summed E-state index contributed by atoms with van der Waals surface area (Å²) in [6.07, 6.45) is 3.37. The SMILES string of the molecule is C[C@H]1OC(=O)[C@]2(CN3C(=O)c4ccccc4C3=O)CC(F)(F)[C@@H](C)[C@H](/C=C/c3ccc(-c4ccccc4C#N)cn3)[C@H]12. The van der Waals surface area contributed by atoms with Gasteiger partial charge in [-0.3, -0.25) is 24.3 Å². The molecule has 0 radical (unpaired) electrons. The Morgan fingerprint density at radius 1 is 1.00 bits per heavy atom. The van der Waals surface area contributed by atoms with Gasteiger partial charge in [0.05, 0.1) is 33.9 Å². The van der Waals surface area contributed by atoms with Gasteiger partial charge in [0.1, 0.15) is 6.10 Å². The average Bonchev–Trinajstić information content (AvgIpc) is 3.37. The second kappa shape index (κ2) is 9.98. The molecular weight excluding hydrogens is 540 g/mol. The molecule has 3 aromatic rings. The van der Waals surface area contributed by atoms with Gasteiger partial charge in [0.2, 0.25) is 0 Å². The molecule has 5 atom stereocenters. The summed E-state index contributed by atoms with van der Waals surface area (Å²) < 4.78 is 37.0. The number of ether oxygens (including phenoxy) is 1. The first-order valence-corrected chi connectivity index (χ1v) is 13.8. The van der Waals surface area contributed by atoms with E-state index in [0.717, 1.165) is 16.0 Å². The van der Waals surface area contributed by atoms with Gasteiger partial charge in [0, 0.05) is 42.1 Å². The number of nitriles is 1. The zero-order valence-corrected chi connectivity index (χ0v) is 23.0. The van der Waals surface area contributed by atoms with E-state index in [-0.39, 0.29) is 11.1 Å². The number of imide groups is 1. The number of nitrogens with zero attached hydrogens (tertiary/aromatic N) is 3. The van der Waals surface area contributed by atoms with Crippen LogP contribution in [-0.2, 0) is 9.53 Å². The van der Waals surface area contributed by atoms with Crippen molar-refractivity contribution in [1.29, 1.82) is 5.26 Å². The van der Waals surface area contributed by atoms with Crippen molar-refractivity contribution in [2.75, 3.05) is 6.54 Å². The Bertz CT molecular complexity index is 1640. The second-order valence-electron chi connectivity index (χ2n) is 11.3. The standard InChI is InChI=1S/C33H27F2N3O4/c1-19-24(14-13-23-12-11-22(16-37-23)25-8-4-3-7-21(25)15-36)28-20(2)42-31(41)32(28,17-33(19,34)35)18-38-29(39)26-9-5-6-10-27(26)30(38)40/h3-14,16,19-20,24,28H,17-18H2,1-2H3/b14-13+/t19-,20+,24-,28-,32-/m0/s1. The minimum absolute atomic E-state index is 0.189. The zero-order chi connectivity index (χ0) is 29.8. The normalized spacial score (nSPS) is 28.0. The molecule has 0 N–H and O–H groups in total. The van der Waals surface area contributed by atoms with Gasteiger partial charge in [-0.2, -0.15) is 5.26 Å². The molecule has 7 nitrogen and oxygen atoms in total. The number of amides is 2. The molecule has 42 heavy (non-hydrogen) atoms. The first-order valence-electron chi connectivity index (χ1n) is 13.8. The van der Waals surface area contributed by atoms with E-state index in [1.54, 1.807) is 61.7 Å². The van der Waals surface area contributed by atoms with E-state index in [2.05, 4.69) is 11.1 Å². The smallest absolute Gasteiger partial charge is 0.314 e. The monoisotopic (exact) mass is 567 g/mol. The van der Waals surface area contributed by atoms with Crippen molar-refractivity contribution in [3.63, 3.8) is 0 Å². The van der Waals surface area contributed by atoms with Crippen LogP contribution in [0.3, 0.4) is 0 Å². The Hall–Kier alpha value is -4.71. The molecule has 6 rings (SSSR count). The quantitative estimate of drug-likeness (QED) is 0.287. The minimum atomic E-state index is -3.27. The summed E-state index contributed by atoms with van der Waals surface area (Å²) in [5.74, 6) is -7.97. The predicted molar refractivity (Wildman–Crippen MR) is 149 cm³/mol. The fourth-order valence-corrected chi connectivity index (χ4v) is 6.87. The summed E-state index contributed by atoms with van der Waals surface area (Å²) in [6, 6.07) is 19.1. The van der Waals surface area contributed by atoms with Crippen LogP contribution < -0.4 is 0 Å². The van der Waals surface area contributed by atoms with Crippen molar-refractivity contribution >= 4 is 23.9 Å². The molecule has 1 saturated heterocycles. The predicted octanol–water partition coefficient (Wildman–Crippen LogP) is 5.77. The molecule has 0 spiro atoms. The van der Waals surface area contributed by atoms with E-state index in [9.17, 15) is 19.6 Å². The highest BCUT2D eigenvalue weighted by Crippen LogP contribution is 2.60. The molecule has 9 heteroatoms. The summed E-state index contributed by atoms with van der Waals surface area (Å²) in [6.45, 7) is 2.64. The summed E-state index contributed by atoms with van der Waals surface area (Å²) in [4.78, 5) is 45.1. The maximum absolute atomic E-state index is 15.7. The Morgan fingerprint density at radius 2 is 1.64 bits per heavy atom. The van der Waals surface area contributed by atoms with E-state index in [1.807, 2.05) is 12.1 Å². The van der Waals surface area contributed by atoms with Crippen molar-refractivity contribution < 1.29 is 27.9 Å². The highest BCUT2D eigenvalue weighted by atomic mass is 19.3. The average molecular weight is 568 g/mol. The largest absolute Gasteiger partial charge is 0.462 e. The maximum atomic E-state index is 15.7. The number of carbonyl (C=O) groups excluding carboxylic acids is 3. The van der Waals surface area contributed by atoms with Crippen LogP contribution in [-0.4, -0.2) is 46.2 Å². The summed E-state index contributed by atoms with van der Waals surface area (Å²) >= 11 is 0. The van der Waals surface area contributed by atoms with Crippen LogP contribution in [0.15, 0.2) is 72.9 Å². The van der Waals surface area contributed by atoms with Gasteiger partial charge in [-0.1, -0.05) is 49.4 Å². The fraction of sp³-hybridized carbons (Fsp3) is 0.303. The van der Waals surface area contributed by atoms with E-state index < -0.39 is 65.9 Å². The first kappa shape index (κ1) is 27.5. The third-order valence-electron chi connectivity index (χ3n) is 9.01. The van der Waals surface area contributed by atoms with Crippen molar-refractivity contribution in [3.8, 4) is 17.2 Å². The summed E-state index contributed by atoms with van der Waals surface area (Å²) in [5.41, 5.74) is 1.11. The van der Waals surface area contributed by atoms with Crippen molar-refractivity contribution in [3.05, 3.63) is 95.3 Å². The molecule has 2 aliphatic heterocycles. The van der Waals surface area contributed by atoms with Crippen LogP contribution in [0.4, 0.5) is 8.78 Å². The molecule has 1 aromatic heterocycles. The lowest BCUT2D eigenvalue weighted by Crippen LogP contribution is -2.58. The Morgan fingerprint density at radius 3 is 2.26 bits per heavy atom. The van der Waals surface area contributed by atoms with E-state index >= 15 is 8.78 Å². The zero-order valence-electron chi connectivity index (χ0n) is 23.0. The van der Waals surface area contributed by atoms with Crippen LogP contribution in [0.5, 0.6) is 0 Å². The van der Waals surface area contributed by atoms with Gasteiger partial charge < -0.3 is 4.74 Å². The lowest BCUT2D eigenvalue weighted by molar-refractivity contribution is -0.172. The molecule has 2 amide bonds. The topological polar surface area (TPSA) is 100 Å². The number of allylic oxidation sites excluding steroid dienone is 1. The molecule has 2 fully saturated rings. The molecule has 0 bridgehead atoms. The van der Waals surface area contributed by atoms with Gasteiger partial charge in [-0.15, -0.1) is 0 Å². The maximum Gasteiger partial charge on any atom is 0.314 e. The second-order valence-corrected chi connectivity index (χ2v) is 11.3. The number of fused-ring (bicyclic) bond motifs is 2. The number of pyridine rings is 1. The summed E-state index contributed by atoms with van der Waals surface area (Å²) in [7, 11) is 0. The van der Waals surface area contributed by atoms with Crippen molar-refractivity contribution in [2.24, 2.45) is 23.2 Å². The Kier molecular flexibility index (Phi) is 6.53. The summed E-state index contributed by atoms with van der Waals surface area (Å²) in [5, 5.41) is 9.41. The van der Waals surface area contributed by atoms with Crippen molar-refractivity contribution in [2.45, 2.75) is 32.3 Å². The van der Waals surface area contributed by atoms with Gasteiger partial charge in [0.25, 0.3) is 17.7 Å². The van der Waals surface area contributed by atoms with Gasteiger partial charge >= 0.3 is 5.97 Å². The molecule has 212 valence electrons. The third-order valence-corrected chi connectivity index (χ3v) is 9.01. The Labute approximate surface area is 241 Å². The van der Waals surface area contributed by atoms with Gasteiger partial charge in [-0.25, -0.2) is 8.78 Å². The number of benzene rings is 2. The molecule has 1 saturated carbocycles. The highest BCUT2D eigenvalue weighted by molar-refractivity contribution is 6.21. The highest BCUT2D eigenvalue weighted by Gasteiger charge is 2.69. The lowest BCUT2D eigenvalue weighted by atomic mass is 9.56. The molecule has 2 aromatic carbocycles. The number of esters is 1. The van der Waals surface area contributed by atoms with Crippen LogP contribution in [0.2, 0.25) is 0 Å². The molecule has 1 aliphatic carbocycles. The van der Waals surface area contributed by atoms with Crippen LogP contribution in [0.1, 0.15) is 52.2 Å². The van der Waals surface area contributed by atoms with E-state index in [0.29, 0.717) is 11.3 Å². The number of rotatable bonds is 5. The molecule has 3 heterocycles. The lowest BCUT2D eigenvalue weighted by Gasteiger charge is -2.48. The van der Waals surface area contributed by atoms with Crippen LogP contribution in [0, 0.1) is 34.5 Å². The number of carbonyl (C=O) groups is 3. The van der Waals surface area contributed by atoms with Gasteiger partial charge in [0.15, 0.2) is 0 Å². The number of cyclic esters (lactones) is 1. The first-order chi connectivity index (χ1) is 20.1. The molecule has 3 aliphatic rings. The Balaban J connectivity index is 1.33. The van der Waals surface area contributed by atoms with Crippen LogP contribution in [0.25, 0.3) is 17.2 Å². The minimum Gasteiger partial charge on any atom is -0.462 e. The van der Waals surface area contributed by atoms with Crippen molar-refractivity contribution in [1.82, 2.24) is 9.88 Å². The third kappa shape index (κ3) is 4.21.